The molecular weight excluding hydrogens is 467 g/mol. The van der Waals surface area contributed by atoms with Gasteiger partial charge in [0.15, 0.2) is 12.0 Å². The molecule has 33 heavy (non-hydrogen) atoms. The molecular formula is C24H26Cl2N2O5. The summed E-state index contributed by atoms with van der Waals surface area (Å²) in [6.07, 6.45) is 6.22. The fraction of sp³-hybridized carbons (Fsp3) is 0.458. The molecule has 0 amide bonds. The summed E-state index contributed by atoms with van der Waals surface area (Å²) >= 11 is 12.1. The first-order valence-corrected chi connectivity index (χ1v) is 11.9. The standard InChI is InChI=1S/C24H26Cl2N2O5/c1-2-16-6-5-10-27(16)23(20(29)13-15-8-9-18(25)19(26)12-15)17-14-22(30)32-21-7-3-4-11-28(21)33-24(17)31/h2,8-9,12,14,16,21,23H,1,3-7,10-11,13H2/b17-14-. The molecule has 176 valence electrons. The van der Waals surface area contributed by atoms with Crippen LogP contribution < -0.4 is 0 Å². The number of hydrogen-bond acceptors (Lipinski definition) is 7. The minimum atomic E-state index is -0.980. The molecule has 7 nitrogen and oxygen atoms in total. The maximum atomic E-state index is 13.6. The van der Waals surface area contributed by atoms with Gasteiger partial charge in [0.05, 0.1) is 15.6 Å². The Bertz CT molecular complexity index is 995. The number of hydroxylamine groups is 2. The molecule has 0 radical (unpaired) electrons. The third-order valence-corrected chi connectivity index (χ3v) is 7.01. The van der Waals surface area contributed by atoms with Crippen molar-refractivity contribution in [3.8, 4) is 0 Å². The van der Waals surface area contributed by atoms with Crippen molar-refractivity contribution in [1.82, 2.24) is 9.96 Å². The summed E-state index contributed by atoms with van der Waals surface area (Å²) in [6, 6.07) is 3.89. The number of carbonyl (C=O) groups is 3. The number of rotatable bonds is 6. The molecule has 1 aromatic rings. The van der Waals surface area contributed by atoms with E-state index in [1.165, 1.54) is 5.06 Å². The molecule has 0 aliphatic carbocycles. The maximum absolute atomic E-state index is 13.6. The summed E-state index contributed by atoms with van der Waals surface area (Å²) in [5.74, 6) is -1.62. The first-order chi connectivity index (χ1) is 15.9. The van der Waals surface area contributed by atoms with Crippen LogP contribution in [0.25, 0.3) is 0 Å². The second-order valence-electron chi connectivity index (χ2n) is 8.48. The van der Waals surface area contributed by atoms with E-state index in [0.717, 1.165) is 31.8 Å². The highest BCUT2D eigenvalue weighted by Gasteiger charge is 2.42. The summed E-state index contributed by atoms with van der Waals surface area (Å²) in [6.45, 7) is 4.94. The predicted octanol–water partition coefficient (Wildman–Crippen LogP) is 3.88. The molecule has 2 fully saturated rings. The van der Waals surface area contributed by atoms with Gasteiger partial charge in [-0.1, -0.05) is 40.4 Å². The quantitative estimate of drug-likeness (QED) is 0.440. The zero-order valence-electron chi connectivity index (χ0n) is 18.2. The second kappa shape index (κ2) is 10.4. The van der Waals surface area contributed by atoms with Crippen molar-refractivity contribution < 1.29 is 24.0 Å². The van der Waals surface area contributed by atoms with Crippen molar-refractivity contribution in [3.63, 3.8) is 0 Å². The van der Waals surface area contributed by atoms with E-state index in [1.807, 2.05) is 4.90 Å². The van der Waals surface area contributed by atoms with Crippen LogP contribution in [0, 0.1) is 0 Å². The van der Waals surface area contributed by atoms with E-state index < -0.39 is 24.2 Å². The lowest BCUT2D eigenvalue weighted by molar-refractivity contribution is -0.248. The lowest BCUT2D eigenvalue weighted by Gasteiger charge is -2.36. The third kappa shape index (κ3) is 5.32. The molecule has 0 spiro atoms. The molecule has 3 atom stereocenters. The zero-order chi connectivity index (χ0) is 23.5. The number of hydrogen-bond donors (Lipinski definition) is 0. The Labute approximate surface area is 202 Å². The van der Waals surface area contributed by atoms with Crippen LogP contribution in [0.2, 0.25) is 10.0 Å². The van der Waals surface area contributed by atoms with Gasteiger partial charge in [0.1, 0.15) is 6.04 Å². The number of halogens is 2. The van der Waals surface area contributed by atoms with E-state index in [-0.39, 0.29) is 23.8 Å². The van der Waals surface area contributed by atoms with Gasteiger partial charge in [-0.15, -0.1) is 6.58 Å². The molecule has 3 heterocycles. The van der Waals surface area contributed by atoms with Crippen molar-refractivity contribution in [1.29, 1.82) is 0 Å². The van der Waals surface area contributed by atoms with Crippen molar-refractivity contribution in [3.05, 3.63) is 58.1 Å². The lowest BCUT2D eigenvalue weighted by atomic mass is 9.94. The van der Waals surface area contributed by atoms with Crippen LogP contribution in [0.4, 0.5) is 0 Å². The van der Waals surface area contributed by atoms with Crippen molar-refractivity contribution in [2.75, 3.05) is 13.1 Å². The van der Waals surface area contributed by atoms with E-state index >= 15 is 0 Å². The number of ether oxygens (including phenoxy) is 1. The van der Waals surface area contributed by atoms with Crippen LogP contribution in [0.5, 0.6) is 0 Å². The number of piperidine rings is 1. The Morgan fingerprint density at radius 1 is 1.15 bits per heavy atom. The Balaban J connectivity index is 1.68. The fourth-order valence-electron chi connectivity index (χ4n) is 4.67. The number of benzene rings is 1. The summed E-state index contributed by atoms with van der Waals surface area (Å²) in [5.41, 5.74) is 0.634. The molecule has 4 rings (SSSR count). The fourth-order valence-corrected chi connectivity index (χ4v) is 4.99. The van der Waals surface area contributed by atoms with E-state index in [4.69, 9.17) is 32.8 Å². The van der Waals surface area contributed by atoms with Gasteiger partial charge in [0.25, 0.3) is 0 Å². The average Bonchev–Trinajstić information content (AvgIpc) is 3.24. The number of ketones is 1. The number of esters is 1. The van der Waals surface area contributed by atoms with Crippen LogP contribution >= 0.6 is 23.2 Å². The summed E-state index contributed by atoms with van der Waals surface area (Å²) in [4.78, 5) is 47.0. The molecule has 1 aromatic carbocycles. The Morgan fingerprint density at radius 2 is 1.97 bits per heavy atom. The van der Waals surface area contributed by atoms with E-state index in [1.54, 1.807) is 24.3 Å². The van der Waals surface area contributed by atoms with Gasteiger partial charge >= 0.3 is 11.9 Å². The molecule has 0 saturated carbocycles. The van der Waals surface area contributed by atoms with Crippen LogP contribution in [-0.2, 0) is 30.4 Å². The first-order valence-electron chi connectivity index (χ1n) is 11.1. The minimum absolute atomic E-state index is 0.00786. The minimum Gasteiger partial charge on any atom is -0.440 e. The third-order valence-electron chi connectivity index (χ3n) is 6.27. The molecule has 2 saturated heterocycles. The van der Waals surface area contributed by atoms with Crippen molar-refractivity contribution >= 4 is 40.9 Å². The maximum Gasteiger partial charge on any atom is 0.355 e. The highest BCUT2D eigenvalue weighted by molar-refractivity contribution is 6.42. The predicted molar refractivity (Wildman–Crippen MR) is 123 cm³/mol. The molecule has 3 unspecified atom stereocenters. The molecule has 0 bridgehead atoms. The molecule has 3 aliphatic rings. The van der Waals surface area contributed by atoms with Gasteiger partial charge in [-0.3, -0.25) is 9.69 Å². The molecule has 3 aliphatic heterocycles. The zero-order valence-corrected chi connectivity index (χ0v) is 19.7. The second-order valence-corrected chi connectivity index (χ2v) is 9.30. The number of fused-ring (bicyclic) bond motifs is 1. The van der Waals surface area contributed by atoms with Crippen LogP contribution in [0.15, 0.2) is 42.5 Å². The largest absolute Gasteiger partial charge is 0.440 e. The van der Waals surface area contributed by atoms with Crippen molar-refractivity contribution in [2.45, 2.75) is 56.8 Å². The van der Waals surface area contributed by atoms with Gasteiger partial charge in [-0.25, -0.2) is 9.59 Å². The van der Waals surface area contributed by atoms with E-state index in [0.29, 0.717) is 35.1 Å². The highest BCUT2D eigenvalue weighted by atomic mass is 35.5. The Kier molecular flexibility index (Phi) is 7.54. The number of carbonyl (C=O) groups excluding carboxylic acids is 3. The van der Waals surface area contributed by atoms with Crippen molar-refractivity contribution in [2.24, 2.45) is 0 Å². The average molecular weight is 493 g/mol. The van der Waals surface area contributed by atoms with Gasteiger partial charge in [0.2, 0.25) is 0 Å². The van der Waals surface area contributed by atoms with Gasteiger partial charge in [0, 0.05) is 31.5 Å². The van der Waals surface area contributed by atoms with Crippen LogP contribution in [0.1, 0.15) is 37.7 Å². The van der Waals surface area contributed by atoms with Crippen LogP contribution in [0.3, 0.4) is 0 Å². The molecule has 9 heteroatoms. The molecule has 0 aromatic heterocycles. The topological polar surface area (TPSA) is 76.2 Å². The summed E-state index contributed by atoms with van der Waals surface area (Å²) in [7, 11) is 0. The monoisotopic (exact) mass is 492 g/mol. The number of nitrogens with zero attached hydrogens (tertiary/aromatic N) is 2. The van der Waals surface area contributed by atoms with E-state index in [2.05, 4.69) is 6.58 Å². The van der Waals surface area contributed by atoms with Crippen LogP contribution in [-0.4, -0.2) is 59.1 Å². The van der Waals surface area contributed by atoms with Gasteiger partial charge in [-0.2, -0.15) is 0 Å². The number of Topliss-reactive ketones (excluding diaryl/α,β-unsaturated/α-hetero) is 1. The Morgan fingerprint density at radius 3 is 2.73 bits per heavy atom. The summed E-state index contributed by atoms with van der Waals surface area (Å²) in [5, 5.41) is 2.14. The highest BCUT2D eigenvalue weighted by Crippen LogP contribution is 2.30. The first kappa shape index (κ1) is 24.0. The van der Waals surface area contributed by atoms with E-state index in [9.17, 15) is 14.4 Å². The number of likely N-dealkylation sites (tertiary alicyclic amines) is 1. The van der Waals surface area contributed by atoms with Gasteiger partial charge in [-0.05, 0) is 49.9 Å². The van der Waals surface area contributed by atoms with Gasteiger partial charge < -0.3 is 9.57 Å². The Hall–Kier alpha value is -2.19. The molecule has 0 N–H and O–H groups in total. The summed E-state index contributed by atoms with van der Waals surface area (Å²) < 4.78 is 5.52. The SMILES string of the molecule is C=CC1CCCN1C(C(=O)Cc1ccc(Cl)c(Cl)c1)/C1=C/C(=O)OC2CCCCN2OC1=O. The lowest BCUT2D eigenvalue weighted by Crippen LogP contribution is -2.50. The smallest absolute Gasteiger partial charge is 0.355 e. The normalized spacial score (nSPS) is 26.8.